The maximum Gasteiger partial charge on any atom is 0.323 e. The molecule has 3 rings (SSSR count). The molecule has 2 aromatic rings. The van der Waals surface area contributed by atoms with Crippen LogP contribution in [0.4, 0.5) is 16.2 Å². The highest BCUT2D eigenvalue weighted by Gasteiger charge is 2.22. The van der Waals surface area contributed by atoms with Crippen LogP contribution in [-0.2, 0) is 17.8 Å². The average molecular weight is 352 g/mol. The van der Waals surface area contributed by atoms with Crippen molar-refractivity contribution in [3.8, 4) is 0 Å². The number of fused-ring (bicyclic) bond motifs is 1. The fourth-order valence-electron chi connectivity index (χ4n) is 3.14. The second-order valence-electron chi connectivity index (χ2n) is 6.31. The van der Waals surface area contributed by atoms with Gasteiger partial charge in [-0.3, -0.25) is 4.79 Å². The topological polar surface area (TPSA) is 73.5 Å². The van der Waals surface area contributed by atoms with E-state index in [1.807, 2.05) is 60.5 Å². The molecule has 0 unspecified atom stereocenters. The van der Waals surface area contributed by atoms with Crippen LogP contribution in [0, 0.1) is 0 Å². The maximum absolute atomic E-state index is 12.3. The van der Waals surface area contributed by atoms with Gasteiger partial charge in [-0.15, -0.1) is 0 Å². The van der Waals surface area contributed by atoms with Gasteiger partial charge in [0.2, 0.25) is 5.91 Å². The van der Waals surface area contributed by atoms with Gasteiger partial charge in [-0.05, 0) is 42.8 Å². The molecule has 0 aliphatic carbocycles. The Morgan fingerprint density at radius 2 is 1.85 bits per heavy atom. The zero-order valence-corrected chi connectivity index (χ0v) is 14.9. The smallest absolute Gasteiger partial charge is 0.323 e. The molecule has 0 spiro atoms. The van der Waals surface area contributed by atoms with Crippen molar-refractivity contribution in [2.45, 2.75) is 19.4 Å². The van der Waals surface area contributed by atoms with Crippen LogP contribution in [0.2, 0.25) is 0 Å². The van der Waals surface area contributed by atoms with E-state index in [-0.39, 0.29) is 11.9 Å². The molecule has 3 amide bonds. The van der Waals surface area contributed by atoms with Crippen LogP contribution in [0.15, 0.2) is 48.5 Å². The molecule has 136 valence electrons. The van der Waals surface area contributed by atoms with E-state index in [1.54, 1.807) is 0 Å². The lowest BCUT2D eigenvalue weighted by molar-refractivity contribution is -0.132. The normalized spacial score (nSPS) is 13.0. The molecule has 26 heavy (non-hydrogen) atoms. The molecule has 1 heterocycles. The average Bonchev–Trinajstić information content (AvgIpc) is 2.66. The third-order valence-corrected chi connectivity index (χ3v) is 4.49. The Kier molecular flexibility index (Phi) is 5.86. The van der Waals surface area contributed by atoms with E-state index in [2.05, 4.69) is 16.0 Å². The number of carbonyl (C=O) groups excluding carboxylic acids is 2. The minimum absolute atomic E-state index is 0.158. The summed E-state index contributed by atoms with van der Waals surface area (Å²) < 4.78 is 0. The lowest BCUT2D eigenvalue weighted by Gasteiger charge is -2.30. The van der Waals surface area contributed by atoms with E-state index in [0.717, 1.165) is 28.9 Å². The Morgan fingerprint density at radius 1 is 1.04 bits per heavy atom. The third kappa shape index (κ3) is 4.40. The molecular formula is C20H24N4O2. The highest BCUT2D eigenvalue weighted by Crippen LogP contribution is 2.26. The van der Waals surface area contributed by atoms with Crippen LogP contribution in [-0.4, -0.2) is 37.0 Å². The van der Waals surface area contributed by atoms with Gasteiger partial charge in [0.25, 0.3) is 0 Å². The van der Waals surface area contributed by atoms with Crippen molar-refractivity contribution in [1.82, 2.24) is 10.2 Å². The number of para-hydroxylation sites is 1. The van der Waals surface area contributed by atoms with Gasteiger partial charge in [-0.1, -0.05) is 30.3 Å². The number of anilines is 2. The predicted octanol–water partition coefficient (Wildman–Crippen LogP) is 2.82. The minimum Gasteiger partial charge on any atom is -0.338 e. The second kappa shape index (κ2) is 8.49. The van der Waals surface area contributed by atoms with Gasteiger partial charge < -0.3 is 20.9 Å². The summed E-state index contributed by atoms with van der Waals surface area (Å²) in [6.07, 6.45) is 1.24. The molecule has 6 nitrogen and oxygen atoms in total. The molecule has 0 atom stereocenters. The molecular weight excluding hydrogens is 328 g/mol. The fraction of sp³-hybridized carbons (Fsp3) is 0.300. The molecule has 1 aliphatic heterocycles. The van der Waals surface area contributed by atoms with Gasteiger partial charge in [-0.2, -0.15) is 0 Å². The lowest BCUT2D eigenvalue weighted by atomic mass is 9.97. The molecule has 3 N–H and O–H groups in total. The Morgan fingerprint density at radius 3 is 2.62 bits per heavy atom. The Balaban J connectivity index is 1.66. The van der Waals surface area contributed by atoms with Crippen molar-refractivity contribution >= 4 is 23.3 Å². The van der Waals surface area contributed by atoms with Gasteiger partial charge in [0.1, 0.15) is 0 Å². The number of hydrogen-bond donors (Lipinski definition) is 3. The Hall–Kier alpha value is -2.86. The van der Waals surface area contributed by atoms with Gasteiger partial charge >= 0.3 is 6.03 Å². The van der Waals surface area contributed by atoms with E-state index in [0.29, 0.717) is 26.1 Å². The van der Waals surface area contributed by atoms with Crippen LogP contribution in [0.3, 0.4) is 0 Å². The number of nitrogens with one attached hydrogen (secondary N) is 3. The van der Waals surface area contributed by atoms with Crippen LogP contribution in [0.25, 0.3) is 0 Å². The Bertz CT molecular complexity index is 777. The summed E-state index contributed by atoms with van der Waals surface area (Å²) in [5, 5.41) is 8.76. The van der Waals surface area contributed by atoms with E-state index in [9.17, 15) is 9.59 Å². The van der Waals surface area contributed by atoms with Gasteiger partial charge in [-0.25, -0.2) is 4.79 Å². The fourth-order valence-corrected chi connectivity index (χ4v) is 3.14. The first-order valence-corrected chi connectivity index (χ1v) is 8.83. The number of amides is 3. The number of rotatable bonds is 5. The van der Waals surface area contributed by atoms with Gasteiger partial charge in [0.15, 0.2) is 0 Å². The van der Waals surface area contributed by atoms with Crippen molar-refractivity contribution in [1.29, 1.82) is 0 Å². The molecule has 0 aromatic heterocycles. The zero-order chi connectivity index (χ0) is 18.4. The van der Waals surface area contributed by atoms with Crippen molar-refractivity contribution in [2.24, 2.45) is 0 Å². The molecule has 0 fully saturated rings. The van der Waals surface area contributed by atoms with Gasteiger partial charge in [0, 0.05) is 37.4 Å². The molecule has 0 saturated carbocycles. The highest BCUT2D eigenvalue weighted by atomic mass is 16.2. The summed E-state index contributed by atoms with van der Waals surface area (Å²) >= 11 is 0. The van der Waals surface area contributed by atoms with E-state index < -0.39 is 0 Å². The first-order chi connectivity index (χ1) is 12.7. The monoisotopic (exact) mass is 352 g/mol. The highest BCUT2D eigenvalue weighted by molar-refractivity contribution is 6.00. The molecule has 0 bridgehead atoms. The van der Waals surface area contributed by atoms with Crippen molar-refractivity contribution in [2.75, 3.05) is 30.8 Å². The number of carbonyl (C=O) groups is 2. The van der Waals surface area contributed by atoms with Crippen molar-refractivity contribution in [3.05, 3.63) is 59.7 Å². The molecule has 1 aliphatic rings. The van der Waals surface area contributed by atoms with Crippen molar-refractivity contribution in [3.63, 3.8) is 0 Å². The van der Waals surface area contributed by atoms with E-state index >= 15 is 0 Å². The lowest BCUT2D eigenvalue weighted by Crippen LogP contribution is -2.37. The largest absolute Gasteiger partial charge is 0.338 e. The quantitative estimate of drug-likeness (QED) is 0.775. The first kappa shape index (κ1) is 17.9. The molecule has 6 heteroatoms. The van der Waals surface area contributed by atoms with E-state index in [1.165, 1.54) is 0 Å². The van der Waals surface area contributed by atoms with Gasteiger partial charge in [0.05, 0.1) is 0 Å². The number of hydrogen-bond acceptors (Lipinski definition) is 3. The molecule has 0 radical (unpaired) electrons. The van der Waals surface area contributed by atoms with Crippen LogP contribution in [0.5, 0.6) is 0 Å². The third-order valence-electron chi connectivity index (χ3n) is 4.49. The van der Waals surface area contributed by atoms with E-state index in [4.69, 9.17) is 0 Å². The first-order valence-electron chi connectivity index (χ1n) is 8.83. The summed E-state index contributed by atoms with van der Waals surface area (Å²) in [5.41, 5.74) is 3.74. The SMILES string of the molecule is CNCCC(=O)N1CCc2c(cccc2NC(=O)Nc2ccccc2)C1. The number of benzene rings is 2. The second-order valence-corrected chi connectivity index (χ2v) is 6.31. The molecule has 2 aromatic carbocycles. The van der Waals surface area contributed by atoms with Crippen molar-refractivity contribution < 1.29 is 9.59 Å². The molecule has 0 saturated heterocycles. The Labute approximate surface area is 153 Å². The maximum atomic E-state index is 12.3. The summed E-state index contributed by atoms with van der Waals surface area (Å²) in [7, 11) is 1.84. The zero-order valence-electron chi connectivity index (χ0n) is 14.9. The summed E-state index contributed by atoms with van der Waals surface area (Å²) in [6, 6.07) is 14.9. The van der Waals surface area contributed by atoms with Crippen LogP contribution in [0.1, 0.15) is 17.5 Å². The summed E-state index contributed by atoms with van der Waals surface area (Å²) in [6.45, 7) is 1.95. The standard InChI is InChI=1S/C20H24N4O2/c1-21-12-10-19(25)24-13-11-17-15(14-24)6-5-9-18(17)23-20(26)22-16-7-3-2-4-8-16/h2-9,21H,10-14H2,1H3,(H2,22,23,26). The van der Waals surface area contributed by atoms with Crippen LogP contribution < -0.4 is 16.0 Å². The number of nitrogens with zero attached hydrogens (tertiary/aromatic N) is 1. The minimum atomic E-state index is -0.267. The summed E-state index contributed by atoms with van der Waals surface area (Å²) in [4.78, 5) is 26.4. The predicted molar refractivity (Wildman–Crippen MR) is 103 cm³/mol. The number of urea groups is 1. The summed E-state index contributed by atoms with van der Waals surface area (Å²) in [5.74, 6) is 0.158. The van der Waals surface area contributed by atoms with Crippen LogP contribution >= 0.6 is 0 Å².